The van der Waals surface area contributed by atoms with Crippen molar-refractivity contribution in [3.63, 3.8) is 0 Å². The van der Waals surface area contributed by atoms with E-state index in [2.05, 4.69) is 32.6 Å². The summed E-state index contributed by atoms with van der Waals surface area (Å²) in [4.78, 5) is 2.27. The molecule has 1 N–H and O–H groups in total. The molecule has 0 bridgehead atoms. The van der Waals surface area contributed by atoms with E-state index in [-0.39, 0.29) is 5.41 Å². The summed E-state index contributed by atoms with van der Waals surface area (Å²) < 4.78 is 0. The molecule has 0 aromatic carbocycles. The summed E-state index contributed by atoms with van der Waals surface area (Å²) in [5.41, 5.74) is -0.150. The first kappa shape index (κ1) is 10.0. The zero-order chi connectivity index (χ0) is 9.41. The molecule has 2 nitrogen and oxygen atoms in total. The van der Waals surface area contributed by atoms with E-state index in [0.717, 1.165) is 26.1 Å². The first-order chi connectivity index (χ1) is 5.35. The first-order valence-electron chi connectivity index (χ1n) is 4.79. The molecule has 0 unspecified atom stereocenters. The number of likely N-dealkylation sites (tertiary alicyclic amines) is 1. The molecule has 0 radical (unpaired) electrons. The van der Waals surface area contributed by atoms with E-state index in [0.29, 0.717) is 0 Å². The molecule has 1 fully saturated rings. The Morgan fingerprint density at radius 1 is 1.33 bits per heavy atom. The van der Waals surface area contributed by atoms with E-state index in [4.69, 9.17) is 0 Å². The van der Waals surface area contributed by atoms with Crippen molar-refractivity contribution in [2.45, 2.75) is 39.7 Å². The predicted octanol–water partition coefficient (Wildman–Crippen LogP) is 1.49. The van der Waals surface area contributed by atoms with Gasteiger partial charge in [0.2, 0.25) is 0 Å². The number of nitrogens with zero attached hydrogens (tertiary/aromatic N) is 1. The van der Waals surface area contributed by atoms with Gasteiger partial charge in [-0.1, -0.05) is 27.7 Å². The zero-order valence-electron chi connectivity index (χ0n) is 8.72. The Morgan fingerprint density at radius 3 is 2.17 bits per heavy atom. The summed E-state index contributed by atoms with van der Waals surface area (Å²) in [5.74, 6) is 0. The Balaban J connectivity index is 2.35. The molecule has 1 aliphatic heterocycles. The third-order valence-corrected chi connectivity index (χ3v) is 2.34. The van der Waals surface area contributed by atoms with E-state index in [9.17, 15) is 5.11 Å². The highest BCUT2D eigenvalue weighted by molar-refractivity contribution is 4.97. The highest BCUT2D eigenvalue weighted by atomic mass is 16.3. The normalized spacial score (nSPS) is 23.8. The van der Waals surface area contributed by atoms with Gasteiger partial charge in [-0.3, -0.25) is 4.90 Å². The summed E-state index contributed by atoms with van der Waals surface area (Å²) in [6.07, 6.45) is 0.913. The Labute approximate surface area is 75.6 Å². The maximum absolute atomic E-state index is 10.0. The number of hydrogen-bond donors (Lipinski definition) is 1. The number of rotatable bonds is 2. The molecule has 2 heteroatoms. The molecule has 0 aliphatic carbocycles. The fraction of sp³-hybridized carbons (Fsp3) is 1.00. The van der Waals surface area contributed by atoms with Crippen LogP contribution in [-0.2, 0) is 0 Å². The van der Waals surface area contributed by atoms with E-state index in [1.807, 2.05) is 0 Å². The van der Waals surface area contributed by atoms with Crippen molar-refractivity contribution < 1.29 is 5.11 Å². The average molecular weight is 171 g/mol. The molecule has 1 heterocycles. The Kier molecular flexibility index (Phi) is 2.50. The molecule has 0 spiro atoms. The molecule has 12 heavy (non-hydrogen) atoms. The minimum atomic E-state index is -0.395. The van der Waals surface area contributed by atoms with Crippen LogP contribution in [0.4, 0.5) is 0 Å². The topological polar surface area (TPSA) is 23.5 Å². The lowest BCUT2D eigenvalue weighted by atomic mass is 9.78. The molecular weight excluding hydrogens is 150 g/mol. The van der Waals surface area contributed by atoms with Crippen molar-refractivity contribution in [3.8, 4) is 0 Å². The van der Waals surface area contributed by atoms with Crippen LogP contribution >= 0.6 is 0 Å². The van der Waals surface area contributed by atoms with Crippen molar-refractivity contribution in [1.82, 2.24) is 4.90 Å². The molecule has 1 aliphatic rings. The molecule has 0 atom stereocenters. The van der Waals surface area contributed by atoms with Gasteiger partial charge in [0.15, 0.2) is 0 Å². The smallest absolute Gasteiger partial charge is 0.0905 e. The van der Waals surface area contributed by atoms with Gasteiger partial charge in [-0.05, 0) is 18.4 Å². The summed E-state index contributed by atoms with van der Waals surface area (Å²) in [5, 5.41) is 10.0. The van der Waals surface area contributed by atoms with Gasteiger partial charge in [0.25, 0.3) is 0 Å². The third kappa shape index (κ3) is 2.46. The van der Waals surface area contributed by atoms with Crippen LogP contribution in [0.2, 0.25) is 0 Å². The lowest BCUT2D eigenvalue weighted by Crippen LogP contribution is -2.62. The fourth-order valence-electron chi connectivity index (χ4n) is 2.11. The number of hydrogen-bond acceptors (Lipinski definition) is 2. The largest absolute Gasteiger partial charge is 0.387 e. The molecule has 72 valence electrons. The van der Waals surface area contributed by atoms with Gasteiger partial charge in [-0.25, -0.2) is 0 Å². The highest BCUT2D eigenvalue weighted by Crippen LogP contribution is 2.33. The minimum absolute atomic E-state index is 0.245. The van der Waals surface area contributed by atoms with Crippen molar-refractivity contribution in [2.75, 3.05) is 19.6 Å². The highest BCUT2D eigenvalue weighted by Gasteiger charge is 2.42. The maximum Gasteiger partial charge on any atom is 0.0905 e. The SMILES string of the molecule is CCN1CC(O)(CC(C)(C)C)C1. The van der Waals surface area contributed by atoms with Crippen LogP contribution in [0.3, 0.4) is 0 Å². The van der Waals surface area contributed by atoms with Gasteiger partial charge in [0.05, 0.1) is 5.60 Å². The molecule has 0 aromatic rings. The third-order valence-electron chi connectivity index (χ3n) is 2.34. The summed E-state index contributed by atoms with van der Waals surface area (Å²) in [7, 11) is 0. The summed E-state index contributed by atoms with van der Waals surface area (Å²) in [6.45, 7) is 11.5. The molecule has 1 saturated heterocycles. The van der Waals surface area contributed by atoms with Gasteiger partial charge < -0.3 is 5.11 Å². The average Bonchev–Trinajstić information content (AvgIpc) is 1.78. The minimum Gasteiger partial charge on any atom is -0.387 e. The molecular formula is C10H21NO. The van der Waals surface area contributed by atoms with E-state index in [1.165, 1.54) is 0 Å². The molecule has 0 saturated carbocycles. The fourth-order valence-corrected chi connectivity index (χ4v) is 2.11. The van der Waals surface area contributed by atoms with E-state index in [1.54, 1.807) is 0 Å². The van der Waals surface area contributed by atoms with Crippen molar-refractivity contribution >= 4 is 0 Å². The monoisotopic (exact) mass is 171 g/mol. The molecule has 0 aromatic heterocycles. The summed E-state index contributed by atoms with van der Waals surface area (Å²) in [6, 6.07) is 0. The predicted molar refractivity (Wildman–Crippen MR) is 51.1 cm³/mol. The number of aliphatic hydroxyl groups is 1. The Bertz CT molecular complexity index is 154. The second-order valence-corrected chi connectivity index (χ2v) is 5.27. The Morgan fingerprint density at radius 2 is 1.83 bits per heavy atom. The van der Waals surface area contributed by atoms with Gasteiger partial charge in [0.1, 0.15) is 0 Å². The first-order valence-corrected chi connectivity index (χ1v) is 4.79. The van der Waals surface area contributed by atoms with Gasteiger partial charge in [-0.2, -0.15) is 0 Å². The standard InChI is InChI=1S/C10H21NO/c1-5-11-7-10(12,8-11)6-9(2,3)4/h12H,5-8H2,1-4H3. The van der Waals surface area contributed by atoms with Gasteiger partial charge in [-0.15, -0.1) is 0 Å². The van der Waals surface area contributed by atoms with Crippen molar-refractivity contribution in [1.29, 1.82) is 0 Å². The number of β-amino-alcohol motifs (C(OH)–C–C–N with tert-alkyl or cyclic N) is 1. The van der Waals surface area contributed by atoms with Crippen LogP contribution in [0.25, 0.3) is 0 Å². The Hall–Kier alpha value is -0.0800. The van der Waals surface area contributed by atoms with Crippen LogP contribution in [0.15, 0.2) is 0 Å². The van der Waals surface area contributed by atoms with Crippen LogP contribution in [0, 0.1) is 5.41 Å². The second kappa shape index (κ2) is 3.00. The second-order valence-electron chi connectivity index (χ2n) is 5.27. The summed E-state index contributed by atoms with van der Waals surface area (Å²) >= 11 is 0. The van der Waals surface area contributed by atoms with Crippen LogP contribution in [-0.4, -0.2) is 35.2 Å². The molecule has 0 amide bonds. The van der Waals surface area contributed by atoms with E-state index >= 15 is 0 Å². The van der Waals surface area contributed by atoms with Crippen LogP contribution in [0.1, 0.15) is 34.1 Å². The van der Waals surface area contributed by atoms with Gasteiger partial charge >= 0.3 is 0 Å². The van der Waals surface area contributed by atoms with Crippen molar-refractivity contribution in [2.24, 2.45) is 5.41 Å². The van der Waals surface area contributed by atoms with E-state index < -0.39 is 5.60 Å². The van der Waals surface area contributed by atoms with Crippen LogP contribution < -0.4 is 0 Å². The lowest BCUT2D eigenvalue weighted by Gasteiger charge is -2.48. The quantitative estimate of drug-likeness (QED) is 0.680. The van der Waals surface area contributed by atoms with Gasteiger partial charge in [0, 0.05) is 13.1 Å². The zero-order valence-corrected chi connectivity index (χ0v) is 8.72. The lowest BCUT2D eigenvalue weighted by molar-refractivity contribution is -0.116. The maximum atomic E-state index is 10.0. The molecule has 1 rings (SSSR count). The number of likely N-dealkylation sites (N-methyl/N-ethyl adjacent to an activating group) is 1. The van der Waals surface area contributed by atoms with Crippen molar-refractivity contribution in [3.05, 3.63) is 0 Å². The van der Waals surface area contributed by atoms with Crippen LogP contribution in [0.5, 0.6) is 0 Å².